The molecule has 4 N–H and O–H groups in total. The Labute approximate surface area is 111 Å². The molecule has 0 saturated carbocycles. The van der Waals surface area contributed by atoms with E-state index in [1.54, 1.807) is 6.92 Å². The van der Waals surface area contributed by atoms with Gasteiger partial charge in [0, 0.05) is 19.6 Å². The van der Waals surface area contributed by atoms with Gasteiger partial charge in [-0.2, -0.15) is 0 Å². The van der Waals surface area contributed by atoms with Crippen LogP contribution in [0.25, 0.3) is 0 Å². The van der Waals surface area contributed by atoms with Crippen molar-refractivity contribution in [1.29, 1.82) is 0 Å². The Bertz CT molecular complexity index is 410. The maximum atomic E-state index is 11.7. The third-order valence-electron chi connectivity index (χ3n) is 2.22. The summed E-state index contributed by atoms with van der Waals surface area (Å²) in [6.45, 7) is 3.12. The number of amides is 1. The highest BCUT2D eigenvalue weighted by Crippen LogP contribution is 2.20. The lowest BCUT2D eigenvalue weighted by Gasteiger charge is -2.09. The summed E-state index contributed by atoms with van der Waals surface area (Å²) in [7, 11) is 0. The quantitative estimate of drug-likeness (QED) is 0.576. The molecule has 0 spiro atoms. The Kier molecular flexibility index (Phi) is 5.91. The van der Waals surface area contributed by atoms with Gasteiger partial charge >= 0.3 is 0 Å². The first-order chi connectivity index (χ1) is 8.50. The number of carbonyl (C=O) groups excluding carboxylic acids is 1. The van der Waals surface area contributed by atoms with Crippen molar-refractivity contribution in [2.24, 2.45) is 0 Å². The standard InChI is InChI=1S/C12H17ClN2O3/c1-8(16)7-14-4-5-15-12(18)10-6-9(17)2-3-11(10)13/h2-3,6,8,14,16-17H,4-5,7H2,1H3,(H,15,18). The molecule has 100 valence electrons. The summed E-state index contributed by atoms with van der Waals surface area (Å²) in [6, 6.07) is 4.21. The van der Waals surface area contributed by atoms with Crippen LogP contribution in [0, 0.1) is 0 Å². The van der Waals surface area contributed by atoms with Crippen LogP contribution >= 0.6 is 11.6 Å². The lowest BCUT2D eigenvalue weighted by molar-refractivity contribution is 0.0953. The molecule has 0 aliphatic heterocycles. The number of hydrogen-bond acceptors (Lipinski definition) is 4. The summed E-state index contributed by atoms with van der Waals surface area (Å²) >= 11 is 5.85. The number of phenols is 1. The van der Waals surface area contributed by atoms with Crippen LogP contribution in [0.3, 0.4) is 0 Å². The van der Waals surface area contributed by atoms with E-state index in [0.29, 0.717) is 24.7 Å². The zero-order valence-electron chi connectivity index (χ0n) is 10.1. The summed E-state index contributed by atoms with van der Waals surface area (Å²) in [5.41, 5.74) is 0.243. The number of aromatic hydroxyl groups is 1. The number of benzene rings is 1. The van der Waals surface area contributed by atoms with E-state index in [0.717, 1.165) is 0 Å². The summed E-state index contributed by atoms with van der Waals surface area (Å²) in [4.78, 5) is 11.7. The number of halogens is 1. The molecule has 1 atom stereocenters. The SMILES string of the molecule is CC(O)CNCCNC(=O)c1cc(O)ccc1Cl. The predicted octanol–water partition coefficient (Wildman–Crippen LogP) is 0.746. The Balaban J connectivity index is 2.39. The van der Waals surface area contributed by atoms with Crippen molar-refractivity contribution in [1.82, 2.24) is 10.6 Å². The molecule has 1 aromatic rings. The molecule has 1 unspecified atom stereocenters. The second kappa shape index (κ2) is 7.20. The van der Waals surface area contributed by atoms with Gasteiger partial charge in [-0.15, -0.1) is 0 Å². The molecule has 0 aliphatic carbocycles. The highest BCUT2D eigenvalue weighted by atomic mass is 35.5. The van der Waals surface area contributed by atoms with E-state index in [1.807, 2.05) is 0 Å². The molecule has 1 rings (SSSR count). The number of nitrogens with one attached hydrogen (secondary N) is 2. The third kappa shape index (κ3) is 4.91. The number of carbonyl (C=O) groups is 1. The maximum absolute atomic E-state index is 11.7. The Morgan fingerprint density at radius 3 is 2.83 bits per heavy atom. The minimum absolute atomic E-state index is 0.00298. The van der Waals surface area contributed by atoms with E-state index in [9.17, 15) is 9.90 Å². The average Bonchev–Trinajstić information content (AvgIpc) is 2.31. The fourth-order valence-electron chi connectivity index (χ4n) is 1.36. The molecular weight excluding hydrogens is 256 g/mol. The minimum atomic E-state index is -0.416. The van der Waals surface area contributed by atoms with Crippen LogP contribution in [0.4, 0.5) is 0 Å². The Hall–Kier alpha value is -1.30. The summed E-state index contributed by atoms with van der Waals surface area (Å²) in [5, 5.41) is 24.2. The van der Waals surface area contributed by atoms with Gasteiger partial charge in [0.15, 0.2) is 0 Å². The molecule has 18 heavy (non-hydrogen) atoms. The molecule has 1 aromatic carbocycles. The largest absolute Gasteiger partial charge is 0.508 e. The number of aliphatic hydroxyl groups excluding tert-OH is 1. The first-order valence-electron chi connectivity index (χ1n) is 5.66. The smallest absolute Gasteiger partial charge is 0.252 e. The van der Waals surface area contributed by atoms with E-state index < -0.39 is 6.10 Å². The lowest BCUT2D eigenvalue weighted by atomic mass is 10.2. The van der Waals surface area contributed by atoms with Crippen molar-refractivity contribution in [3.05, 3.63) is 28.8 Å². The predicted molar refractivity (Wildman–Crippen MR) is 70.0 cm³/mol. The molecule has 1 amide bonds. The number of aliphatic hydroxyl groups is 1. The van der Waals surface area contributed by atoms with Crippen LogP contribution in [-0.2, 0) is 0 Å². The van der Waals surface area contributed by atoms with E-state index in [4.69, 9.17) is 16.7 Å². The van der Waals surface area contributed by atoms with Gasteiger partial charge in [0.25, 0.3) is 5.91 Å². The van der Waals surface area contributed by atoms with Gasteiger partial charge in [-0.1, -0.05) is 11.6 Å². The molecule has 0 fully saturated rings. The van der Waals surface area contributed by atoms with Crippen molar-refractivity contribution in [2.45, 2.75) is 13.0 Å². The van der Waals surface area contributed by atoms with Crippen molar-refractivity contribution in [3.8, 4) is 5.75 Å². The molecule has 5 nitrogen and oxygen atoms in total. The molecule has 0 aliphatic rings. The lowest BCUT2D eigenvalue weighted by Crippen LogP contribution is -2.34. The summed E-state index contributed by atoms with van der Waals surface area (Å²) in [5.74, 6) is -0.341. The van der Waals surface area contributed by atoms with Crippen LogP contribution in [0.1, 0.15) is 17.3 Å². The van der Waals surface area contributed by atoms with Gasteiger partial charge < -0.3 is 20.8 Å². The number of rotatable bonds is 6. The van der Waals surface area contributed by atoms with Crippen LogP contribution in [0.5, 0.6) is 5.75 Å². The molecule has 0 radical (unpaired) electrons. The normalized spacial score (nSPS) is 12.2. The topological polar surface area (TPSA) is 81.6 Å². The highest BCUT2D eigenvalue weighted by Gasteiger charge is 2.10. The fourth-order valence-corrected chi connectivity index (χ4v) is 1.56. The van der Waals surface area contributed by atoms with Gasteiger partial charge in [0.1, 0.15) is 5.75 Å². The first-order valence-corrected chi connectivity index (χ1v) is 6.04. The van der Waals surface area contributed by atoms with Gasteiger partial charge in [0.2, 0.25) is 0 Å². The van der Waals surface area contributed by atoms with Crippen LogP contribution in [-0.4, -0.2) is 41.9 Å². The molecule has 0 aromatic heterocycles. The van der Waals surface area contributed by atoms with Crippen LogP contribution < -0.4 is 10.6 Å². The Morgan fingerprint density at radius 2 is 2.17 bits per heavy atom. The minimum Gasteiger partial charge on any atom is -0.508 e. The molecule has 0 heterocycles. The Morgan fingerprint density at radius 1 is 1.44 bits per heavy atom. The van der Waals surface area contributed by atoms with Crippen LogP contribution in [0.15, 0.2) is 18.2 Å². The molecule has 0 bridgehead atoms. The first kappa shape index (κ1) is 14.8. The maximum Gasteiger partial charge on any atom is 0.252 e. The fraction of sp³-hybridized carbons (Fsp3) is 0.417. The summed E-state index contributed by atoms with van der Waals surface area (Å²) in [6.07, 6.45) is -0.416. The van der Waals surface area contributed by atoms with Crippen LogP contribution in [0.2, 0.25) is 5.02 Å². The van der Waals surface area contributed by atoms with Gasteiger partial charge in [0.05, 0.1) is 16.7 Å². The van der Waals surface area contributed by atoms with Gasteiger partial charge in [-0.25, -0.2) is 0 Å². The van der Waals surface area contributed by atoms with Crippen molar-refractivity contribution >= 4 is 17.5 Å². The van der Waals surface area contributed by atoms with E-state index in [2.05, 4.69) is 10.6 Å². The van der Waals surface area contributed by atoms with Crippen molar-refractivity contribution < 1.29 is 15.0 Å². The number of phenolic OH excluding ortho intramolecular Hbond substituents is 1. The summed E-state index contributed by atoms with van der Waals surface area (Å²) < 4.78 is 0. The zero-order chi connectivity index (χ0) is 13.5. The second-order valence-corrected chi connectivity index (χ2v) is 4.38. The van der Waals surface area contributed by atoms with Crippen molar-refractivity contribution in [2.75, 3.05) is 19.6 Å². The number of hydrogen-bond donors (Lipinski definition) is 4. The highest BCUT2D eigenvalue weighted by molar-refractivity contribution is 6.33. The van der Waals surface area contributed by atoms with E-state index >= 15 is 0 Å². The second-order valence-electron chi connectivity index (χ2n) is 3.97. The monoisotopic (exact) mass is 272 g/mol. The third-order valence-corrected chi connectivity index (χ3v) is 2.55. The molecule has 6 heteroatoms. The zero-order valence-corrected chi connectivity index (χ0v) is 10.9. The van der Waals surface area contributed by atoms with Gasteiger partial charge in [-0.05, 0) is 25.1 Å². The molecular formula is C12H17ClN2O3. The van der Waals surface area contributed by atoms with E-state index in [-0.39, 0.29) is 17.2 Å². The van der Waals surface area contributed by atoms with Crippen molar-refractivity contribution in [3.63, 3.8) is 0 Å². The molecule has 0 saturated heterocycles. The average molecular weight is 273 g/mol. The van der Waals surface area contributed by atoms with Gasteiger partial charge in [-0.3, -0.25) is 4.79 Å². The van der Waals surface area contributed by atoms with E-state index in [1.165, 1.54) is 18.2 Å².